The molecule has 0 fully saturated rings. The van der Waals surface area contributed by atoms with E-state index in [0.29, 0.717) is 6.42 Å². The molecule has 0 bridgehead atoms. The quantitative estimate of drug-likeness (QED) is 0.426. The van der Waals surface area contributed by atoms with Gasteiger partial charge in [0.1, 0.15) is 0 Å². The van der Waals surface area contributed by atoms with Crippen LogP contribution in [0.15, 0.2) is 12.3 Å². The van der Waals surface area contributed by atoms with Crippen molar-refractivity contribution < 1.29 is 4.79 Å². The zero-order chi connectivity index (χ0) is 12.9. The van der Waals surface area contributed by atoms with Crippen LogP contribution in [0.3, 0.4) is 0 Å². The first kappa shape index (κ1) is 15.0. The van der Waals surface area contributed by atoms with Gasteiger partial charge >= 0.3 is 0 Å². The largest absolute Gasteiger partial charge is 0.384 e. The SMILES string of the molecule is C=C(NC(C)(C)C)C(C)CCC(=O)N(C)N. The number of nitrogens with zero attached hydrogens (tertiary/aromatic N) is 1. The molecule has 0 saturated carbocycles. The second kappa shape index (κ2) is 5.89. The predicted molar refractivity (Wildman–Crippen MR) is 67.4 cm³/mol. The number of hydrogen-bond donors (Lipinski definition) is 2. The summed E-state index contributed by atoms with van der Waals surface area (Å²) in [4.78, 5) is 11.3. The van der Waals surface area contributed by atoms with E-state index in [0.717, 1.165) is 17.1 Å². The monoisotopic (exact) mass is 227 g/mol. The number of amides is 1. The molecule has 0 aromatic carbocycles. The minimum Gasteiger partial charge on any atom is -0.384 e. The molecular formula is C12H25N3O. The van der Waals surface area contributed by atoms with Crippen LogP contribution in [0.25, 0.3) is 0 Å². The summed E-state index contributed by atoms with van der Waals surface area (Å²) in [6, 6.07) is 0. The highest BCUT2D eigenvalue weighted by atomic mass is 16.2. The molecule has 0 aliphatic heterocycles. The van der Waals surface area contributed by atoms with E-state index in [1.165, 1.54) is 0 Å². The topological polar surface area (TPSA) is 58.4 Å². The number of nitrogens with one attached hydrogen (secondary N) is 1. The van der Waals surface area contributed by atoms with Crippen molar-refractivity contribution in [3.63, 3.8) is 0 Å². The van der Waals surface area contributed by atoms with E-state index >= 15 is 0 Å². The van der Waals surface area contributed by atoms with E-state index in [2.05, 4.69) is 39.6 Å². The Labute approximate surface area is 98.8 Å². The molecule has 94 valence electrons. The van der Waals surface area contributed by atoms with Crippen LogP contribution in [-0.2, 0) is 4.79 Å². The Morgan fingerprint density at radius 1 is 1.50 bits per heavy atom. The predicted octanol–water partition coefficient (Wildman–Crippen LogP) is 1.64. The van der Waals surface area contributed by atoms with Gasteiger partial charge in [0, 0.05) is 24.7 Å². The van der Waals surface area contributed by atoms with Crippen molar-refractivity contribution in [2.24, 2.45) is 11.8 Å². The Bertz CT molecular complexity index is 253. The summed E-state index contributed by atoms with van der Waals surface area (Å²) in [5.41, 5.74) is 0.986. The van der Waals surface area contributed by atoms with Crippen molar-refractivity contribution in [2.75, 3.05) is 7.05 Å². The minimum absolute atomic E-state index is 0.0139. The van der Waals surface area contributed by atoms with Gasteiger partial charge in [0.2, 0.25) is 5.91 Å². The normalized spacial score (nSPS) is 13.1. The number of carbonyl (C=O) groups is 1. The van der Waals surface area contributed by atoms with Crippen LogP contribution in [0.5, 0.6) is 0 Å². The van der Waals surface area contributed by atoms with Gasteiger partial charge < -0.3 is 5.32 Å². The lowest BCUT2D eigenvalue weighted by molar-refractivity contribution is -0.130. The van der Waals surface area contributed by atoms with Crippen LogP contribution in [0.4, 0.5) is 0 Å². The lowest BCUT2D eigenvalue weighted by atomic mass is 9.99. The van der Waals surface area contributed by atoms with Crippen LogP contribution >= 0.6 is 0 Å². The Balaban J connectivity index is 4.03. The summed E-state index contributed by atoms with van der Waals surface area (Å²) in [5.74, 6) is 5.57. The van der Waals surface area contributed by atoms with E-state index in [-0.39, 0.29) is 17.4 Å². The van der Waals surface area contributed by atoms with Gasteiger partial charge in [-0.3, -0.25) is 9.80 Å². The van der Waals surface area contributed by atoms with Gasteiger partial charge in [-0.05, 0) is 33.1 Å². The number of nitrogens with two attached hydrogens (primary N) is 1. The van der Waals surface area contributed by atoms with Gasteiger partial charge in [-0.25, -0.2) is 5.84 Å². The molecule has 0 aromatic heterocycles. The maximum absolute atomic E-state index is 11.3. The zero-order valence-electron chi connectivity index (χ0n) is 11.1. The van der Waals surface area contributed by atoms with Gasteiger partial charge in [0.05, 0.1) is 0 Å². The van der Waals surface area contributed by atoms with E-state index in [1.54, 1.807) is 7.05 Å². The second-order valence-corrected chi connectivity index (χ2v) is 5.34. The minimum atomic E-state index is -0.0459. The zero-order valence-corrected chi connectivity index (χ0v) is 11.1. The van der Waals surface area contributed by atoms with Crippen molar-refractivity contribution in [3.05, 3.63) is 12.3 Å². The Hall–Kier alpha value is -1.03. The maximum atomic E-state index is 11.3. The maximum Gasteiger partial charge on any atom is 0.236 e. The lowest BCUT2D eigenvalue weighted by Gasteiger charge is -2.27. The van der Waals surface area contributed by atoms with E-state index < -0.39 is 0 Å². The Kier molecular flexibility index (Phi) is 5.51. The molecule has 0 spiro atoms. The van der Waals surface area contributed by atoms with Gasteiger partial charge in [-0.2, -0.15) is 0 Å². The molecule has 4 nitrogen and oxygen atoms in total. The van der Waals surface area contributed by atoms with Crippen molar-refractivity contribution in [3.8, 4) is 0 Å². The Morgan fingerprint density at radius 2 is 2.00 bits per heavy atom. The highest BCUT2D eigenvalue weighted by Crippen LogP contribution is 2.16. The molecule has 16 heavy (non-hydrogen) atoms. The molecule has 4 heteroatoms. The standard InChI is InChI=1S/C12H25N3O/c1-9(7-8-11(16)15(6)13)10(2)14-12(3,4)5/h9,14H,2,7-8,13H2,1,3-6H3. The van der Waals surface area contributed by atoms with E-state index in [9.17, 15) is 4.79 Å². The third kappa shape index (κ3) is 6.45. The molecule has 1 atom stereocenters. The molecule has 1 amide bonds. The summed E-state index contributed by atoms with van der Waals surface area (Å²) >= 11 is 0. The van der Waals surface area contributed by atoms with Crippen molar-refractivity contribution in [1.82, 2.24) is 10.3 Å². The number of allylic oxidation sites excluding steroid dienone is 1. The summed E-state index contributed by atoms with van der Waals surface area (Å²) in [6.07, 6.45) is 1.22. The van der Waals surface area contributed by atoms with Crippen LogP contribution in [0, 0.1) is 5.92 Å². The van der Waals surface area contributed by atoms with Gasteiger partial charge in [0.15, 0.2) is 0 Å². The average molecular weight is 227 g/mol. The molecule has 0 heterocycles. The number of hydrogen-bond acceptors (Lipinski definition) is 3. The highest BCUT2D eigenvalue weighted by molar-refractivity contribution is 5.75. The van der Waals surface area contributed by atoms with Crippen LogP contribution in [0.1, 0.15) is 40.5 Å². The molecule has 0 aliphatic rings. The fourth-order valence-corrected chi connectivity index (χ4v) is 1.30. The van der Waals surface area contributed by atoms with Crippen molar-refractivity contribution in [2.45, 2.75) is 46.1 Å². The molecule has 0 radical (unpaired) electrons. The summed E-state index contributed by atoms with van der Waals surface area (Å²) < 4.78 is 0. The molecular weight excluding hydrogens is 202 g/mol. The second-order valence-electron chi connectivity index (χ2n) is 5.34. The third-order valence-corrected chi connectivity index (χ3v) is 2.32. The van der Waals surface area contributed by atoms with Crippen molar-refractivity contribution >= 4 is 5.91 Å². The number of carbonyl (C=O) groups excluding carboxylic acids is 1. The number of hydrazine groups is 1. The summed E-state index contributed by atoms with van der Waals surface area (Å²) in [7, 11) is 1.56. The van der Waals surface area contributed by atoms with Crippen molar-refractivity contribution in [1.29, 1.82) is 0 Å². The first-order valence-electron chi connectivity index (χ1n) is 5.61. The van der Waals surface area contributed by atoms with Gasteiger partial charge in [0.25, 0.3) is 0 Å². The molecule has 0 aromatic rings. The summed E-state index contributed by atoms with van der Waals surface area (Å²) in [5, 5.41) is 4.45. The van der Waals surface area contributed by atoms with Crippen LogP contribution < -0.4 is 11.2 Å². The highest BCUT2D eigenvalue weighted by Gasteiger charge is 2.15. The molecule has 1 unspecified atom stereocenters. The first-order valence-corrected chi connectivity index (χ1v) is 5.61. The lowest BCUT2D eigenvalue weighted by Crippen LogP contribution is -2.37. The van der Waals surface area contributed by atoms with Gasteiger partial charge in [-0.15, -0.1) is 0 Å². The molecule has 0 saturated heterocycles. The third-order valence-electron chi connectivity index (χ3n) is 2.32. The molecule has 0 rings (SSSR count). The first-order chi connectivity index (χ1) is 7.13. The smallest absolute Gasteiger partial charge is 0.236 e. The average Bonchev–Trinajstić information content (AvgIpc) is 2.10. The van der Waals surface area contributed by atoms with Crippen LogP contribution in [-0.4, -0.2) is 23.5 Å². The van der Waals surface area contributed by atoms with E-state index in [1.807, 2.05) is 0 Å². The fourth-order valence-electron chi connectivity index (χ4n) is 1.30. The fraction of sp³-hybridized carbons (Fsp3) is 0.750. The molecule has 3 N–H and O–H groups in total. The van der Waals surface area contributed by atoms with E-state index in [4.69, 9.17) is 5.84 Å². The van der Waals surface area contributed by atoms with Gasteiger partial charge in [-0.1, -0.05) is 13.5 Å². The number of rotatable bonds is 5. The Morgan fingerprint density at radius 3 is 2.38 bits per heavy atom. The molecule has 0 aliphatic carbocycles. The summed E-state index contributed by atoms with van der Waals surface area (Å²) in [6.45, 7) is 12.3. The van der Waals surface area contributed by atoms with Crippen LogP contribution in [0.2, 0.25) is 0 Å².